The molecule has 2 N–H and O–H groups in total. The Morgan fingerprint density at radius 3 is 2.59 bits per heavy atom. The number of imide groups is 1. The van der Waals surface area contributed by atoms with Crippen molar-refractivity contribution >= 4 is 23.5 Å². The summed E-state index contributed by atoms with van der Waals surface area (Å²) < 4.78 is 49.3. The number of halogens is 3. The zero-order valence-corrected chi connectivity index (χ0v) is 16.9. The number of amides is 4. The maximum absolute atomic E-state index is 13.2. The smallest absolute Gasteiger partial charge is 0.416 e. The molecule has 2 atom stereocenters. The van der Waals surface area contributed by atoms with Gasteiger partial charge in [0.25, 0.3) is 5.91 Å². The first-order valence-corrected chi connectivity index (χ1v) is 9.55. The molecule has 11 heteroatoms. The molecule has 2 aromatic rings. The number of nitrogens with zero attached hydrogens (tertiary/aromatic N) is 1. The van der Waals surface area contributed by atoms with Gasteiger partial charge in [0.05, 0.1) is 5.56 Å². The van der Waals surface area contributed by atoms with Gasteiger partial charge in [-0.05, 0) is 49.7 Å². The molecule has 2 heterocycles. The van der Waals surface area contributed by atoms with E-state index in [0.29, 0.717) is 17.1 Å². The van der Waals surface area contributed by atoms with Gasteiger partial charge in [0, 0.05) is 5.69 Å². The van der Waals surface area contributed by atoms with Crippen LogP contribution < -0.4 is 20.1 Å². The number of rotatable bonds is 4. The monoisotopic (exact) mass is 449 g/mol. The van der Waals surface area contributed by atoms with Crippen molar-refractivity contribution < 1.29 is 37.0 Å². The van der Waals surface area contributed by atoms with Crippen LogP contribution in [0.25, 0.3) is 0 Å². The van der Waals surface area contributed by atoms with E-state index in [9.17, 15) is 27.6 Å². The molecule has 32 heavy (non-hydrogen) atoms. The molecule has 168 valence electrons. The molecule has 4 rings (SSSR count). The second-order valence-electron chi connectivity index (χ2n) is 7.54. The fourth-order valence-electron chi connectivity index (χ4n) is 3.55. The highest BCUT2D eigenvalue weighted by molar-refractivity contribution is 6.11. The van der Waals surface area contributed by atoms with Crippen LogP contribution in [0, 0.1) is 0 Å². The molecular formula is C21H18F3N3O5. The topological polar surface area (TPSA) is 97.0 Å². The zero-order valence-electron chi connectivity index (χ0n) is 16.9. The van der Waals surface area contributed by atoms with Crippen LogP contribution in [-0.2, 0) is 21.3 Å². The Labute approximate surface area is 180 Å². The third kappa shape index (κ3) is 3.59. The van der Waals surface area contributed by atoms with Gasteiger partial charge in [0.2, 0.25) is 12.7 Å². The lowest BCUT2D eigenvalue weighted by Crippen LogP contribution is -2.47. The van der Waals surface area contributed by atoms with E-state index in [1.165, 1.54) is 19.9 Å². The number of carbonyl (C=O) groups excluding carboxylic acids is 3. The number of carbonyl (C=O) groups is 3. The minimum absolute atomic E-state index is 0.0364. The number of ether oxygens (including phenoxy) is 2. The summed E-state index contributed by atoms with van der Waals surface area (Å²) in [7, 11) is 0. The van der Waals surface area contributed by atoms with Gasteiger partial charge in [-0.3, -0.25) is 9.59 Å². The van der Waals surface area contributed by atoms with Gasteiger partial charge in [0.1, 0.15) is 11.6 Å². The molecule has 2 aliphatic heterocycles. The average Bonchev–Trinajstić information content (AvgIpc) is 3.29. The van der Waals surface area contributed by atoms with E-state index in [-0.39, 0.29) is 12.5 Å². The van der Waals surface area contributed by atoms with Crippen molar-refractivity contribution in [1.29, 1.82) is 0 Å². The number of hydrogen-bond acceptors (Lipinski definition) is 5. The van der Waals surface area contributed by atoms with Crippen molar-refractivity contribution in [2.75, 3.05) is 12.1 Å². The van der Waals surface area contributed by atoms with Gasteiger partial charge in [-0.1, -0.05) is 12.1 Å². The number of urea groups is 1. The highest BCUT2D eigenvalue weighted by Crippen LogP contribution is 2.38. The van der Waals surface area contributed by atoms with E-state index in [0.717, 1.165) is 23.1 Å². The summed E-state index contributed by atoms with van der Waals surface area (Å²) in [6.45, 7) is 2.84. The van der Waals surface area contributed by atoms with Crippen molar-refractivity contribution in [2.45, 2.75) is 31.6 Å². The van der Waals surface area contributed by atoms with Crippen LogP contribution in [0.1, 0.15) is 25.0 Å². The Morgan fingerprint density at radius 1 is 1.16 bits per heavy atom. The lowest BCUT2D eigenvalue weighted by atomic mass is 9.91. The molecule has 2 aromatic carbocycles. The van der Waals surface area contributed by atoms with Crippen molar-refractivity contribution in [3.63, 3.8) is 0 Å². The van der Waals surface area contributed by atoms with E-state index in [1.807, 2.05) is 0 Å². The molecule has 0 aliphatic carbocycles. The lowest BCUT2D eigenvalue weighted by Gasteiger charge is -2.24. The summed E-state index contributed by atoms with van der Waals surface area (Å²) in [5.41, 5.74) is -2.09. The number of fused-ring (bicyclic) bond motifs is 1. The number of nitrogens with one attached hydrogen (secondary N) is 2. The predicted octanol–water partition coefficient (Wildman–Crippen LogP) is 3.23. The second kappa shape index (κ2) is 7.43. The van der Waals surface area contributed by atoms with Crippen LogP contribution in [0.2, 0.25) is 0 Å². The van der Waals surface area contributed by atoms with Crippen molar-refractivity contribution in [2.24, 2.45) is 0 Å². The molecule has 4 amide bonds. The van der Waals surface area contributed by atoms with E-state index < -0.39 is 41.2 Å². The third-order valence-corrected chi connectivity index (χ3v) is 5.40. The summed E-state index contributed by atoms with van der Waals surface area (Å²) in [4.78, 5) is 39.2. The van der Waals surface area contributed by atoms with Gasteiger partial charge < -0.3 is 20.1 Å². The molecule has 1 fully saturated rings. The molecule has 0 spiro atoms. The number of benzene rings is 2. The Morgan fingerprint density at radius 2 is 1.88 bits per heavy atom. The van der Waals surface area contributed by atoms with Gasteiger partial charge in [-0.25, -0.2) is 9.69 Å². The third-order valence-electron chi connectivity index (χ3n) is 5.40. The van der Waals surface area contributed by atoms with Gasteiger partial charge >= 0.3 is 12.2 Å². The first-order chi connectivity index (χ1) is 15.0. The molecule has 0 radical (unpaired) electrons. The summed E-state index contributed by atoms with van der Waals surface area (Å²) in [5.74, 6) is -0.588. The first kappa shape index (κ1) is 21.5. The van der Waals surface area contributed by atoms with E-state index in [4.69, 9.17) is 9.47 Å². The van der Waals surface area contributed by atoms with Gasteiger partial charge in [-0.15, -0.1) is 0 Å². The number of anilines is 1. The van der Waals surface area contributed by atoms with Crippen LogP contribution in [0.4, 0.5) is 23.7 Å². The minimum Gasteiger partial charge on any atom is -0.454 e. The Balaban J connectivity index is 1.54. The van der Waals surface area contributed by atoms with E-state index in [1.54, 1.807) is 18.2 Å². The summed E-state index contributed by atoms with van der Waals surface area (Å²) in [6, 6.07) is 6.75. The number of alkyl halides is 3. The van der Waals surface area contributed by atoms with Crippen LogP contribution in [0.3, 0.4) is 0 Å². The maximum Gasteiger partial charge on any atom is 0.416 e. The highest BCUT2D eigenvalue weighted by atomic mass is 19.4. The Kier molecular flexibility index (Phi) is 4.99. The molecule has 0 saturated carbocycles. The van der Waals surface area contributed by atoms with E-state index >= 15 is 0 Å². The Hall–Kier alpha value is -3.76. The summed E-state index contributed by atoms with van der Waals surface area (Å²) in [6.07, 6.45) is -4.58. The summed E-state index contributed by atoms with van der Waals surface area (Å²) in [5, 5.41) is 4.90. The van der Waals surface area contributed by atoms with Crippen molar-refractivity contribution in [3.05, 3.63) is 53.6 Å². The molecule has 8 nitrogen and oxygen atoms in total. The Bertz CT molecular complexity index is 1120. The molecule has 1 saturated heterocycles. The van der Waals surface area contributed by atoms with Crippen molar-refractivity contribution in [3.8, 4) is 11.5 Å². The maximum atomic E-state index is 13.2. The highest BCUT2D eigenvalue weighted by Gasteiger charge is 2.52. The minimum atomic E-state index is -4.58. The standard InChI is InChI=1S/C21H18F3N3O5/c1-11(17(28)25-14-5-3-4-13(8-14)21(22,23)24)27-18(29)20(2,26-19(27)30)12-6-7-15-16(9-12)32-10-31-15/h3-9,11H,10H2,1-2H3,(H,25,28)(H,26,30)/t11-,20-/m1/s1. The summed E-state index contributed by atoms with van der Waals surface area (Å²) >= 11 is 0. The second-order valence-corrected chi connectivity index (χ2v) is 7.54. The molecule has 0 aromatic heterocycles. The fourth-order valence-corrected chi connectivity index (χ4v) is 3.55. The van der Waals surface area contributed by atoms with Crippen LogP contribution >= 0.6 is 0 Å². The molecule has 2 aliphatic rings. The zero-order chi connectivity index (χ0) is 23.3. The van der Waals surface area contributed by atoms with Crippen LogP contribution in [0.15, 0.2) is 42.5 Å². The number of hydrogen-bond donors (Lipinski definition) is 2. The van der Waals surface area contributed by atoms with Crippen molar-refractivity contribution in [1.82, 2.24) is 10.2 Å². The normalized spacial score (nSPS) is 20.8. The van der Waals surface area contributed by atoms with Gasteiger partial charge in [-0.2, -0.15) is 13.2 Å². The van der Waals surface area contributed by atoms with Crippen LogP contribution in [-0.4, -0.2) is 35.6 Å². The fraction of sp³-hybridized carbons (Fsp3) is 0.286. The SMILES string of the molecule is C[C@H](C(=O)Nc1cccc(C(F)(F)F)c1)N1C(=O)N[C@](C)(c2ccc3c(c2)OCO3)C1=O. The molecule has 0 unspecified atom stereocenters. The quantitative estimate of drug-likeness (QED) is 0.699. The first-order valence-electron chi connectivity index (χ1n) is 9.55. The average molecular weight is 449 g/mol. The molecule has 0 bridgehead atoms. The molecular weight excluding hydrogens is 431 g/mol. The lowest BCUT2D eigenvalue weighted by molar-refractivity contribution is -0.137. The predicted molar refractivity (Wildman–Crippen MR) is 105 cm³/mol. The van der Waals surface area contributed by atoms with E-state index in [2.05, 4.69) is 10.6 Å². The van der Waals surface area contributed by atoms with Gasteiger partial charge in [0.15, 0.2) is 11.5 Å². The largest absolute Gasteiger partial charge is 0.454 e. The van der Waals surface area contributed by atoms with Crippen LogP contribution in [0.5, 0.6) is 11.5 Å².